The molecule has 1 unspecified atom stereocenters. The smallest absolute Gasteiger partial charge is 0.220 e. The molecule has 4 nitrogen and oxygen atoms in total. The zero-order chi connectivity index (χ0) is 13.5. The van der Waals surface area contributed by atoms with E-state index in [-0.39, 0.29) is 11.9 Å². The molecule has 2 aromatic rings. The van der Waals surface area contributed by atoms with Gasteiger partial charge in [0, 0.05) is 25.0 Å². The molecule has 0 radical (unpaired) electrons. The van der Waals surface area contributed by atoms with E-state index in [0.29, 0.717) is 12.8 Å². The molecule has 98 valence electrons. The molecule has 2 heterocycles. The van der Waals surface area contributed by atoms with Gasteiger partial charge in [-0.3, -0.25) is 14.8 Å². The maximum atomic E-state index is 11.8. The number of amides is 1. The highest BCUT2D eigenvalue weighted by Crippen LogP contribution is 2.08. The minimum Gasteiger partial charge on any atom is -0.348 e. The van der Waals surface area contributed by atoms with Gasteiger partial charge in [0.1, 0.15) is 0 Å². The van der Waals surface area contributed by atoms with E-state index in [1.807, 2.05) is 37.3 Å². The number of aromatic nitrogens is 2. The summed E-state index contributed by atoms with van der Waals surface area (Å²) in [6.07, 6.45) is 6.41. The Morgan fingerprint density at radius 2 is 2.16 bits per heavy atom. The summed E-state index contributed by atoms with van der Waals surface area (Å²) in [5, 5.41) is 2.94. The van der Waals surface area contributed by atoms with Crippen LogP contribution in [-0.2, 0) is 11.2 Å². The van der Waals surface area contributed by atoms with E-state index in [2.05, 4.69) is 15.3 Å². The number of hydrogen-bond donors (Lipinski definition) is 1. The predicted octanol–water partition coefficient (Wildman–Crippen LogP) is 2.29. The summed E-state index contributed by atoms with van der Waals surface area (Å²) in [4.78, 5) is 20.1. The predicted molar refractivity (Wildman–Crippen MR) is 73.4 cm³/mol. The maximum absolute atomic E-state index is 11.8. The number of nitrogens with one attached hydrogen (secondary N) is 1. The molecule has 2 rings (SSSR count). The minimum atomic E-state index is -0.0670. The van der Waals surface area contributed by atoms with E-state index in [0.717, 1.165) is 11.3 Å². The van der Waals surface area contributed by atoms with E-state index in [9.17, 15) is 4.79 Å². The van der Waals surface area contributed by atoms with Crippen molar-refractivity contribution in [2.75, 3.05) is 0 Å². The monoisotopic (exact) mass is 255 g/mol. The zero-order valence-corrected chi connectivity index (χ0v) is 10.9. The van der Waals surface area contributed by atoms with Gasteiger partial charge in [0.15, 0.2) is 0 Å². The number of aryl methyl sites for hydroxylation is 1. The lowest BCUT2D eigenvalue weighted by Gasteiger charge is -2.13. The molecule has 1 amide bonds. The van der Waals surface area contributed by atoms with Crippen molar-refractivity contribution in [1.82, 2.24) is 15.3 Å². The van der Waals surface area contributed by atoms with Gasteiger partial charge in [0.25, 0.3) is 0 Å². The van der Waals surface area contributed by atoms with Crippen LogP contribution in [-0.4, -0.2) is 15.9 Å². The average molecular weight is 255 g/mol. The molecule has 1 N–H and O–H groups in total. The fourth-order valence-corrected chi connectivity index (χ4v) is 1.82. The van der Waals surface area contributed by atoms with Crippen LogP contribution in [0.4, 0.5) is 0 Å². The van der Waals surface area contributed by atoms with E-state index in [4.69, 9.17) is 0 Å². The number of carbonyl (C=O) groups is 1. The van der Waals surface area contributed by atoms with E-state index >= 15 is 0 Å². The quantitative estimate of drug-likeness (QED) is 0.891. The van der Waals surface area contributed by atoms with E-state index < -0.39 is 0 Å². The maximum Gasteiger partial charge on any atom is 0.220 e. The molecule has 0 bridgehead atoms. The number of hydrogen-bond acceptors (Lipinski definition) is 3. The SMILES string of the molecule is CC(NC(=O)CCc1cccnc1)c1ccccn1. The van der Waals surface area contributed by atoms with Crippen molar-refractivity contribution < 1.29 is 4.79 Å². The van der Waals surface area contributed by atoms with E-state index in [1.165, 1.54) is 0 Å². The Labute approximate surface area is 112 Å². The first-order valence-corrected chi connectivity index (χ1v) is 6.35. The Bertz CT molecular complexity index is 513. The van der Waals surface area contributed by atoms with Crippen LogP contribution in [0.25, 0.3) is 0 Å². The van der Waals surface area contributed by atoms with Crippen LogP contribution in [0.1, 0.15) is 30.6 Å². The highest BCUT2D eigenvalue weighted by atomic mass is 16.1. The van der Waals surface area contributed by atoms with Gasteiger partial charge in [-0.05, 0) is 37.1 Å². The third kappa shape index (κ3) is 4.17. The normalized spacial score (nSPS) is 11.8. The number of nitrogens with zero attached hydrogens (tertiary/aromatic N) is 2. The van der Waals surface area contributed by atoms with Crippen LogP contribution in [0.3, 0.4) is 0 Å². The van der Waals surface area contributed by atoms with Gasteiger partial charge < -0.3 is 5.32 Å². The highest BCUT2D eigenvalue weighted by molar-refractivity contribution is 5.76. The van der Waals surface area contributed by atoms with Crippen LogP contribution in [0.5, 0.6) is 0 Å². The molecular weight excluding hydrogens is 238 g/mol. The second kappa shape index (κ2) is 6.64. The zero-order valence-electron chi connectivity index (χ0n) is 10.9. The summed E-state index contributed by atoms with van der Waals surface area (Å²) in [6, 6.07) is 9.47. The summed E-state index contributed by atoms with van der Waals surface area (Å²) in [6.45, 7) is 1.93. The van der Waals surface area contributed by atoms with Gasteiger partial charge in [-0.25, -0.2) is 0 Å². The van der Waals surface area contributed by atoms with Gasteiger partial charge in [0.2, 0.25) is 5.91 Å². The molecule has 0 aromatic carbocycles. The molecule has 0 saturated carbocycles. The second-order valence-corrected chi connectivity index (χ2v) is 4.41. The standard InChI is InChI=1S/C15H17N3O/c1-12(14-6-2-3-10-17-14)18-15(19)8-7-13-5-4-9-16-11-13/h2-6,9-12H,7-8H2,1H3,(H,18,19). The van der Waals surface area contributed by atoms with Crippen molar-refractivity contribution in [3.63, 3.8) is 0 Å². The number of pyridine rings is 2. The van der Waals surface area contributed by atoms with Gasteiger partial charge in [-0.1, -0.05) is 12.1 Å². The van der Waals surface area contributed by atoms with Crippen LogP contribution in [0, 0.1) is 0 Å². The molecule has 1 atom stereocenters. The summed E-state index contributed by atoms with van der Waals surface area (Å²) >= 11 is 0. The summed E-state index contributed by atoms with van der Waals surface area (Å²) in [5.41, 5.74) is 1.94. The lowest BCUT2D eigenvalue weighted by molar-refractivity contribution is -0.121. The highest BCUT2D eigenvalue weighted by Gasteiger charge is 2.10. The lowest BCUT2D eigenvalue weighted by Crippen LogP contribution is -2.27. The summed E-state index contributed by atoms with van der Waals surface area (Å²) in [5.74, 6) is 0.0296. The van der Waals surface area contributed by atoms with Gasteiger partial charge >= 0.3 is 0 Å². The first kappa shape index (κ1) is 13.2. The molecule has 0 spiro atoms. The molecule has 4 heteroatoms. The molecule has 0 fully saturated rings. The molecule has 19 heavy (non-hydrogen) atoms. The first-order chi connectivity index (χ1) is 9.25. The van der Waals surface area contributed by atoms with Crippen LogP contribution in [0.2, 0.25) is 0 Å². The Kier molecular flexibility index (Phi) is 4.61. The van der Waals surface area contributed by atoms with Gasteiger partial charge in [0.05, 0.1) is 11.7 Å². The third-order valence-electron chi connectivity index (χ3n) is 2.87. The van der Waals surface area contributed by atoms with Crippen molar-refractivity contribution in [3.05, 3.63) is 60.2 Å². The Hall–Kier alpha value is -2.23. The Balaban J connectivity index is 1.82. The number of rotatable bonds is 5. The largest absolute Gasteiger partial charge is 0.348 e. The van der Waals surface area contributed by atoms with Gasteiger partial charge in [-0.15, -0.1) is 0 Å². The van der Waals surface area contributed by atoms with Gasteiger partial charge in [-0.2, -0.15) is 0 Å². The van der Waals surface area contributed by atoms with E-state index in [1.54, 1.807) is 18.6 Å². The Morgan fingerprint density at radius 3 is 2.84 bits per heavy atom. The van der Waals surface area contributed by atoms with Crippen LogP contribution >= 0.6 is 0 Å². The fraction of sp³-hybridized carbons (Fsp3) is 0.267. The van der Waals surface area contributed by atoms with Crippen LogP contribution < -0.4 is 5.32 Å². The Morgan fingerprint density at radius 1 is 1.26 bits per heavy atom. The van der Waals surface area contributed by atoms with Crippen molar-refractivity contribution in [2.24, 2.45) is 0 Å². The lowest BCUT2D eigenvalue weighted by atomic mass is 10.1. The topological polar surface area (TPSA) is 54.9 Å². The van der Waals surface area contributed by atoms with Crippen molar-refractivity contribution in [1.29, 1.82) is 0 Å². The molecule has 0 saturated heterocycles. The van der Waals surface area contributed by atoms with Crippen LogP contribution in [0.15, 0.2) is 48.9 Å². The second-order valence-electron chi connectivity index (χ2n) is 4.41. The summed E-state index contributed by atoms with van der Waals surface area (Å²) in [7, 11) is 0. The molecule has 0 aliphatic heterocycles. The number of carbonyl (C=O) groups excluding carboxylic acids is 1. The molecule has 2 aromatic heterocycles. The first-order valence-electron chi connectivity index (χ1n) is 6.35. The fourth-order valence-electron chi connectivity index (χ4n) is 1.82. The molecule has 0 aliphatic carbocycles. The van der Waals surface area contributed by atoms with Crippen molar-refractivity contribution >= 4 is 5.91 Å². The van der Waals surface area contributed by atoms with Crippen molar-refractivity contribution in [3.8, 4) is 0 Å². The molecule has 0 aliphatic rings. The third-order valence-corrected chi connectivity index (χ3v) is 2.87. The summed E-state index contributed by atoms with van der Waals surface area (Å²) < 4.78 is 0. The van der Waals surface area contributed by atoms with Crippen molar-refractivity contribution in [2.45, 2.75) is 25.8 Å². The average Bonchev–Trinajstić information content (AvgIpc) is 2.47. The molecular formula is C15H17N3O. The minimum absolute atomic E-state index is 0.0296.